The number of aromatic nitrogens is 2. The van der Waals surface area contributed by atoms with Crippen LogP contribution in [0, 0.1) is 0 Å². The molecule has 6 heteroatoms. The largest absolute Gasteiger partial charge is 0.392 e. The van der Waals surface area contributed by atoms with Crippen molar-refractivity contribution in [1.29, 1.82) is 0 Å². The van der Waals surface area contributed by atoms with Crippen molar-refractivity contribution in [3.63, 3.8) is 0 Å². The Morgan fingerprint density at radius 1 is 1.86 bits per heavy atom. The number of thiocarbonyl (C=S) groups is 1. The predicted molar refractivity (Wildman–Crippen MR) is 56.9 cm³/mol. The number of nitrogens with zero attached hydrogens (tertiary/aromatic N) is 1. The molecule has 1 heterocycles. The molecular weight excluding hydrogens is 200 g/mol. The van der Waals surface area contributed by atoms with Crippen LogP contribution in [0.1, 0.15) is 23.7 Å². The number of H-pyrrole nitrogens is 1. The molecule has 0 bridgehead atoms. The first-order valence-electron chi connectivity index (χ1n) is 4.24. The van der Waals surface area contributed by atoms with Gasteiger partial charge in [-0.1, -0.05) is 19.1 Å². The molecule has 0 spiro atoms. The lowest BCUT2D eigenvalue weighted by Gasteiger charge is -2.14. The van der Waals surface area contributed by atoms with Crippen molar-refractivity contribution >= 4 is 23.1 Å². The number of aromatic amines is 1. The summed E-state index contributed by atoms with van der Waals surface area (Å²) in [6.45, 7) is 1.90. The molecule has 1 unspecified atom stereocenters. The van der Waals surface area contributed by atoms with E-state index in [1.54, 1.807) is 0 Å². The number of rotatable bonds is 4. The highest BCUT2D eigenvalue weighted by molar-refractivity contribution is 7.80. The van der Waals surface area contributed by atoms with Gasteiger partial charge in [0, 0.05) is 6.20 Å². The molecule has 0 radical (unpaired) electrons. The van der Waals surface area contributed by atoms with Gasteiger partial charge >= 0.3 is 0 Å². The van der Waals surface area contributed by atoms with Crippen LogP contribution in [0.15, 0.2) is 12.4 Å². The summed E-state index contributed by atoms with van der Waals surface area (Å²) < 4.78 is 0. The smallest absolute Gasteiger partial charge is 0.255 e. The molecule has 0 aromatic carbocycles. The van der Waals surface area contributed by atoms with E-state index >= 15 is 0 Å². The van der Waals surface area contributed by atoms with Crippen LogP contribution < -0.4 is 11.1 Å². The number of nitrogens with one attached hydrogen (secondary N) is 2. The molecule has 76 valence electrons. The molecule has 1 atom stereocenters. The van der Waals surface area contributed by atoms with E-state index in [0.717, 1.165) is 0 Å². The van der Waals surface area contributed by atoms with Gasteiger partial charge in [0.25, 0.3) is 5.91 Å². The average Bonchev–Trinajstić information content (AvgIpc) is 2.65. The van der Waals surface area contributed by atoms with E-state index in [1.807, 2.05) is 6.92 Å². The molecule has 5 nitrogen and oxygen atoms in total. The Morgan fingerprint density at radius 3 is 3.00 bits per heavy atom. The van der Waals surface area contributed by atoms with Gasteiger partial charge in [-0.15, -0.1) is 0 Å². The van der Waals surface area contributed by atoms with Crippen LogP contribution in [0.4, 0.5) is 0 Å². The van der Waals surface area contributed by atoms with E-state index in [4.69, 9.17) is 18.0 Å². The van der Waals surface area contributed by atoms with Crippen molar-refractivity contribution in [2.24, 2.45) is 5.73 Å². The van der Waals surface area contributed by atoms with E-state index in [-0.39, 0.29) is 11.9 Å². The van der Waals surface area contributed by atoms with Gasteiger partial charge in [0.15, 0.2) is 0 Å². The first kappa shape index (κ1) is 10.6. The van der Waals surface area contributed by atoms with Gasteiger partial charge < -0.3 is 11.1 Å². The third-order valence-corrected chi connectivity index (χ3v) is 2.10. The molecular formula is C8H12N4OS. The number of carbonyl (C=O) groups excluding carboxylic acids is 1. The SMILES string of the molecule is CCC(NC(=O)c1cn[nH]c1)C(N)=S. The van der Waals surface area contributed by atoms with Crippen molar-refractivity contribution in [3.8, 4) is 0 Å². The van der Waals surface area contributed by atoms with Crippen LogP contribution in [0.25, 0.3) is 0 Å². The van der Waals surface area contributed by atoms with Crippen LogP contribution in [0.3, 0.4) is 0 Å². The zero-order valence-corrected chi connectivity index (χ0v) is 8.60. The van der Waals surface area contributed by atoms with Gasteiger partial charge in [-0.2, -0.15) is 5.10 Å². The van der Waals surface area contributed by atoms with E-state index in [2.05, 4.69) is 15.5 Å². The Balaban J connectivity index is 2.60. The van der Waals surface area contributed by atoms with E-state index in [0.29, 0.717) is 17.0 Å². The molecule has 0 saturated carbocycles. The van der Waals surface area contributed by atoms with Crippen LogP contribution in [0.5, 0.6) is 0 Å². The first-order valence-corrected chi connectivity index (χ1v) is 4.65. The van der Waals surface area contributed by atoms with E-state index in [1.165, 1.54) is 12.4 Å². The summed E-state index contributed by atoms with van der Waals surface area (Å²) in [4.78, 5) is 11.8. The normalized spacial score (nSPS) is 12.1. The zero-order valence-electron chi connectivity index (χ0n) is 7.78. The van der Waals surface area contributed by atoms with Crippen LogP contribution in [0.2, 0.25) is 0 Å². The van der Waals surface area contributed by atoms with E-state index in [9.17, 15) is 4.79 Å². The van der Waals surface area contributed by atoms with E-state index < -0.39 is 0 Å². The molecule has 14 heavy (non-hydrogen) atoms. The minimum atomic E-state index is -0.257. The number of carbonyl (C=O) groups is 1. The fourth-order valence-electron chi connectivity index (χ4n) is 0.991. The second kappa shape index (κ2) is 4.71. The summed E-state index contributed by atoms with van der Waals surface area (Å²) in [7, 11) is 0. The topological polar surface area (TPSA) is 83.8 Å². The van der Waals surface area contributed by atoms with Crippen molar-refractivity contribution in [2.75, 3.05) is 0 Å². The second-order valence-electron chi connectivity index (χ2n) is 2.82. The molecule has 0 aliphatic carbocycles. The van der Waals surface area contributed by atoms with Crippen molar-refractivity contribution in [2.45, 2.75) is 19.4 Å². The molecule has 0 saturated heterocycles. The summed E-state index contributed by atoms with van der Waals surface area (Å²) in [5.41, 5.74) is 5.91. The predicted octanol–water partition coefficient (Wildman–Crippen LogP) is 0.204. The summed E-state index contributed by atoms with van der Waals surface area (Å²) in [6.07, 6.45) is 3.64. The fraction of sp³-hybridized carbons (Fsp3) is 0.375. The lowest BCUT2D eigenvalue weighted by molar-refractivity contribution is 0.0946. The third kappa shape index (κ3) is 2.53. The van der Waals surface area contributed by atoms with Gasteiger partial charge in [-0.3, -0.25) is 9.89 Å². The van der Waals surface area contributed by atoms with Gasteiger partial charge in [0.05, 0.1) is 22.8 Å². The molecule has 0 fully saturated rings. The third-order valence-electron chi connectivity index (χ3n) is 1.82. The van der Waals surface area contributed by atoms with Gasteiger partial charge in [0.2, 0.25) is 0 Å². The minimum Gasteiger partial charge on any atom is -0.392 e. The molecule has 4 N–H and O–H groups in total. The van der Waals surface area contributed by atoms with Gasteiger partial charge in [-0.25, -0.2) is 0 Å². The lowest BCUT2D eigenvalue weighted by atomic mass is 10.2. The number of amides is 1. The standard InChI is InChI=1S/C8H12N4OS/c1-2-6(7(9)14)12-8(13)5-3-10-11-4-5/h3-4,6H,2H2,1H3,(H2,9,14)(H,10,11)(H,12,13). The highest BCUT2D eigenvalue weighted by Gasteiger charge is 2.14. The van der Waals surface area contributed by atoms with Crippen LogP contribution in [-0.4, -0.2) is 27.1 Å². The quantitative estimate of drug-likeness (QED) is 0.623. The molecule has 0 aliphatic rings. The minimum absolute atomic E-state index is 0.224. The monoisotopic (exact) mass is 212 g/mol. The Bertz CT molecular complexity index is 322. The Kier molecular flexibility index (Phi) is 3.58. The number of nitrogens with two attached hydrogens (primary N) is 1. The van der Waals surface area contributed by atoms with Crippen molar-refractivity contribution in [3.05, 3.63) is 18.0 Å². The maximum absolute atomic E-state index is 11.5. The lowest BCUT2D eigenvalue weighted by Crippen LogP contribution is -2.42. The maximum atomic E-state index is 11.5. The summed E-state index contributed by atoms with van der Waals surface area (Å²) in [5.74, 6) is -0.224. The molecule has 0 aliphatic heterocycles. The summed E-state index contributed by atoms with van der Waals surface area (Å²) in [6, 6.07) is -0.257. The van der Waals surface area contributed by atoms with Gasteiger partial charge in [-0.05, 0) is 6.42 Å². The average molecular weight is 212 g/mol. The zero-order chi connectivity index (χ0) is 10.6. The van der Waals surface area contributed by atoms with Gasteiger partial charge in [0.1, 0.15) is 0 Å². The van der Waals surface area contributed by atoms with Crippen molar-refractivity contribution in [1.82, 2.24) is 15.5 Å². The number of hydrogen-bond donors (Lipinski definition) is 3. The highest BCUT2D eigenvalue weighted by Crippen LogP contribution is 1.97. The Hall–Kier alpha value is -1.43. The van der Waals surface area contributed by atoms with Crippen LogP contribution in [-0.2, 0) is 0 Å². The first-order chi connectivity index (χ1) is 6.65. The maximum Gasteiger partial charge on any atom is 0.255 e. The van der Waals surface area contributed by atoms with Crippen molar-refractivity contribution < 1.29 is 4.79 Å². The molecule has 1 amide bonds. The van der Waals surface area contributed by atoms with Crippen LogP contribution >= 0.6 is 12.2 Å². The second-order valence-corrected chi connectivity index (χ2v) is 3.30. The Labute approximate surface area is 87.1 Å². The molecule has 1 rings (SSSR count). The summed E-state index contributed by atoms with van der Waals surface area (Å²) in [5, 5.41) is 8.93. The molecule has 1 aromatic heterocycles. The highest BCUT2D eigenvalue weighted by atomic mass is 32.1. The molecule has 1 aromatic rings. The summed E-state index contributed by atoms with van der Waals surface area (Å²) >= 11 is 4.80. The Morgan fingerprint density at radius 2 is 2.57 bits per heavy atom. The fourth-order valence-corrected chi connectivity index (χ4v) is 1.22. The number of hydrogen-bond acceptors (Lipinski definition) is 3.